The Morgan fingerprint density at radius 2 is 1.74 bits per heavy atom. The van der Waals surface area contributed by atoms with Crippen LogP contribution in [-0.2, 0) is 28.9 Å². The highest BCUT2D eigenvalue weighted by molar-refractivity contribution is 5.90. The zero-order chi connectivity index (χ0) is 24.7. The van der Waals surface area contributed by atoms with Crippen LogP contribution in [0.2, 0.25) is 0 Å². The molecule has 0 atom stereocenters. The van der Waals surface area contributed by atoms with Crippen LogP contribution in [0.5, 0.6) is 0 Å². The molecule has 7 nitrogen and oxygen atoms in total. The molecule has 0 bridgehead atoms. The molecule has 0 saturated heterocycles. The van der Waals surface area contributed by atoms with Gasteiger partial charge >= 0.3 is 12.0 Å². The molecule has 3 aromatic rings. The number of benzene rings is 2. The number of urea groups is 1. The van der Waals surface area contributed by atoms with E-state index in [1.165, 1.54) is 11.1 Å². The minimum atomic E-state index is -0.529. The van der Waals surface area contributed by atoms with Crippen LogP contribution in [0.3, 0.4) is 0 Å². The highest BCUT2D eigenvalue weighted by Gasteiger charge is 2.36. The van der Waals surface area contributed by atoms with Crippen LogP contribution in [0.15, 0.2) is 48.5 Å². The number of esters is 1. The summed E-state index contributed by atoms with van der Waals surface area (Å²) in [5, 5.41) is 6.03. The third-order valence-electron chi connectivity index (χ3n) is 6.88. The highest BCUT2D eigenvalue weighted by Crippen LogP contribution is 2.31. The molecule has 1 saturated carbocycles. The van der Waals surface area contributed by atoms with Crippen molar-refractivity contribution in [2.45, 2.75) is 77.3 Å². The predicted octanol–water partition coefficient (Wildman–Crippen LogP) is 5.62. The standard InChI is InChI=1S/C28H36N4O3/c1-3-32-24-11-7-6-10-23(24)30-25(32)17-14-21-12-15-22(16-13-21)29-27(34)31-28(18-8-5-9-19-28)20-26(33)35-4-2/h6-7,10-13,15-16H,3-5,8-9,14,17-20H2,1-2H3,(H2,29,31,34). The molecule has 1 aromatic heterocycles. The summed E-state index contributed by atoms with van der Waals surface area (Å²) in [5.41, 5.74) is 3.60. The summed E-state index contributed by atoms with van der Waals surface area (Å²) in [5.74, 6) is 0.838. The van der Waals surface area contributed by atoms with Gasteiger partial charge in [-0.05, 0) is 62.9 Å². The van der Waals surface area contributed by atoms with E-state index in [1.54, 1.807) is 6.92 Å². The number of ether oxygens (including phenoxy) is 1. The number of aromatic nitrogens is 2. The number of aryl methyl sites for hydroxylation is 3. The summed E-state index contributed by atoms with van der Waals surface area (Å²) in [7, 11) is 0. The van der Waals surface area contributed by atoms with Crippen molar-refractivity contribution in [2.75, 3.05) is 11.9 Å². The van der Waals surface area contributed by atoms with E-state index in [0.29, 0.717) is 6.61 Å². The Hall–Kier alpha value is -3.35. The number of nitrogens with zero attached hydrogens (tertiary/aromatic N) is 2. The number of rotatable bonds is 9. The number of fused-ring (bicyclic) bond motifs is 1. The third kappa shape index (κ3) is 6.21. The number of carbonyl (C=O) groups excluding carboxylic acids is 2. The Kier molecular flexibility index (Phi) is 8.06. The second kappa shape index (κ2) is 11.4. The van der Waals surface area contributed by atoms with Crippen LogP contribution in [0.25, 0.3) is 11.0 Å². The van der Waals surface area contributed by atoms with Gasteiger partial charge < -0.3 is 19.9 Å². The molecule has 2 N–H and O–H groups in total. The van der Waals surface area contributed by atoms with Crippen molar-refractivity contribution in [3.63, 3.8) is 0 Å². The number of carbonyl (C=O) groups is 2. The van der Waals surface area contributed by atoms with Crippen molar-refractivity contribution in [2.24, 2.45) is 0 Å². The topological polar surface area (TPSA) is 85.2 Å². The minimum Gasteiger partial charge on any atom is -0.466 e. The summed E-state index contributed by atoms with van der Waals surface area (Å²) in [6.45, 7) is 5.19. The van der Waals surface area contributed by atoms with Crippen LogP contribution in [0.1, 0.15) is 63.8 Å². The van der Waals surface area contributed by atoms with Gasteiger partial charge in [-0.1, -0.05) is 43.5 Å². The van der Waals surface area contributed by atoms with Crippen LogP contribution in [0.4, 0.5) is 10.5 Å². The second-order valence-corrected chi connectivity index (χ2v) is 9.36. The summed E-state index contributed by atoms with van der Waals surface area (Å²) in [6, 6.07) is 15.9. The van der Waals surface area contributed by atoms with Crippen molar-refractivity contribution in [3.8, 4) is 0 Å². The molecule has 1 heterocycles. The second-order valence-electron chi connectivity index (χ2n) is 9.36. The van der Waals surface area contributed by atoms with E-state index < -0.39 is 5.54 Å². The summed E-state index contributed by atoms with van der Waals surface area (Å²) in [6.07, 6.45) is 6.66. The fourth-order valence-electron chi connectivity index (χ4n) is 5.15. The molecule has 1 fully saturated rings. The van der Waals surface area contributed by atoms with Crippen LogP contribution >= 0.6 is 0 Å². The molecular formula is C28H36N4O3. The lowest BCUT2D eigenvalue weighted by Gasteiger charge is -2.37. The number of nitrogens with one attached hydrogen (secondary N) is 2. The fraction of sp³-hybridized carbons (Fsp3) is 0.464. The number of para-hydroxylation sites is 2. The van der Waals surface area contributed by atoms with Gasteiger partial charge in [-0.15, -0.1) is 0 Å². The van der Waals surface area contributed by atoms with E-state index in [-0.39, 0.29) is 18.4 Å². The van der Waals surface area contributed by atoms with Gasteiger partial charge in [0.15, 0.2) is 0 Å². The number of hydrogen-bond acceptors (Lipinski definition) is 4. The lowest BCUT2D eigenvalue weighted by atomic mass is 9.79. The van der Waals surface area contributed by atoms with Crippen molar-refractivity contribution < 1.29 is 14.3 Å². The van der Waals surface area contributed by atoms with E-state index >= 15 is 0 Å². The molecule has 0 radical (unpaired) electrons. The van der Waals surface area contributed by atoms with E-state index in [0.717, 1.165) is 68.5 Å². The van der Waals surface area contributed by atoms with Gasteiger partial charge in [-0.25, -0.2) is 9.78 Å². The van der Waals surface area contributed by atoms with Gasteiger partial charge in [0.1, 0.15) is 5.82 Å². The van der Waals surface area contributed by atoms with Crippen molar-refractivity contribution in [3.05, 3.63) is 59.9 Å². The molecule has 1 aliphatic rings. The molecule has 0 unspecified atom stereocenters. The lowest BCUT2D eigenvalue weighted by molar-refractivity contribution is -0.145. The molecule has 2 amide bonds. The smallest absolute Gasteiger partial charge is 0.319 e. The average molecular weight is 477 g/mol. The average Bonchev–Trinajstić information content (AvgIpc) is 3.21. The van der Waals surface area contributed by atoms with Crippen molar-refractivity contribution >= 4 is 28.7 Å². The Morgan fingerprint density at radius 3 is 2.46 bits per heavy atom. The SMILES string of the molecule is CCOC(=O)CC1(NC(=O)Nc2ccc(CCc3nc4ccccc4n3CC)cc2)CCCCC1. The van der Waals surface area contributed by atoms with Crippen molar-refractivity contribution in [1.29, 1.82) is 0 Å². The van der Waals surface area contributed by atoms with E-state index in [2.05, 4.69) is 40.3 Å². The minimum absolute atomic E-state index is 0.218. The number of anilines is 1. The highest BCUT2D eigenvalue weighted by atomic mass is 16.5. The Balaban J connectivity index is 1.34. The zero-order valence-corrected chi connectivity index (χ0v) is 20.8. The van der Waals surface area contributed by atoms with Crippen LogP contribution < -0.4 is 10.6 Å². The first-order chi connectivity index (χ1) is 17.0. The molecule has 2 aromatic carbocycles. The Bertz CT molecular complexity index is 1150. The van der Waals surface area contributed by atoms with Gasteiger partial charge in [-0.3, -0.25) is 4.79 Å². The molecule has 1 aliphatic carbocycles. The largest absolute Gasteiger partial charge is 0.466 e. The maximum atomic E-state index is 12.8. The molecule has 0 spiro atoms. The first-order valence-electron chi connectivity index (χ1n) is 12.8. The fourth-order valence-corrected chi connectivity index (χ4v) is 5.15. The monoisotopic (exact) mass is 476 g/mol. The van der Waals surface area contributed by atoms with Crippen LogP contribution in [0, 0.1) is 0 Å². The molecular weight excluding hydrogens is 440 g/mol. The van der Waals surface area contributed by atoms with E-state index in [1.807, 2.05) is 30.3 Å². The molecule has 0 aliphatic heterocycles. The molecule has 4 rings (SSSR count). The number of imidazole rings is 1. The quantitative estimate of drug-likeness (QED) is 0.393. The third-order valence-corrected chi connectivity index (χ3v) is 6.88. The molecule has 7 heteroatoms. The predicted molar refractivity (Wildman–Crippen MR) is 138 cm³/mol. The van der Waals surface area contributed by atoms with Gasteiger partial charge in [-0.2, -0.15) is 0 Å². The molecule has 186 valence electrons. The summed E-state index contributed by atoms with van der Waals surface area (Å²) < 4.78 is 7.42. The van der Waals surface area contributed by atoms with E-state index in [4.69, 9.17) is 9.72 Å². The zero-order valence-electron chi connectivity index (χ0n) is 20.8. The molecule has 35 heavy (non-hydrogen) atoms. The maximum absolute atomic E-state index is 12.8. The van der Waals surface area contributed by atoms with Gasteiger partial charge in [0.05, 0.1) is 29.6 Å². The first-order valence-corrected chi connectivity index (χ1v) is 12.8. The van der Waals surface area contributed by atoms with Gasteiger partial charge in [0, 0.05) is 18.7 Å². The van der Waals surface area contributed by atoms with Crippen molar-refractivity contribution in [1.82, 2.24) is 14.9 Å². The number of hydrogen-bond donors (Lipinski definition) is 2. The maximum Gasteiger partial charge on any atom is 0.319 e. The van der Waals surface area contributed by atoms with E-state index in [9.17, 15) is 9.59 Å². The van der Waals surface area contributed by atoms with Gasteiger partial charge in [0.2, 0.25) is 0 Å². The van der Waals surface area contributed by atoms with Gasteiger partial charge in [0.25, 0.3) is 0 Å². The summed E-state index contributed by atoms with van der Waals surface area (Å²) in [4.78, 5) is 29.8. The Labute approximate surface area is 207 Å². The number of amides is 2. The summed E-state index contributed by atoms with van der Waals surface area (Å²) >= 11 is 0. The Morgan fingerprint density at radius 1 is 1.00 bits per heavy atom. The first kappa shape index (κ1) is 24.8. The van der Waals surface area contributed by atoms with Crippen LogP contribution in [-0.4, -0.2) is 33.7 Å². The lowest BCUT2D eigenvalue weighted by Crippen LogP contribution is -2.52. The normalized spacial score (nSPS) is 15.0.